The van der Waals surface area contributed by atoms with Crippen LogP contribution < -0.4 is 14.2 Å². The number of ether oxygens (including phenoxy) is 2. The van der Waals surface area contributed by atoms with Crippen molar-refractivity contribution in [3.63, 3.8) is 0 Å². The van der Waals surface area contributed by atoms with Gasteiger partial charge in [-0.15, -0.1) is 0 Å². The summed E-state index contributed by atoms with van der Waals surface area (Å²) in [5.74, 6) is 0.604. The van der Waals surface area contributed by atoms with Crippen LogP contribution in [0.1, 0.15) is 18.0 Å². The van der Waals surface area contributed by atoms with E-state index in [9.17, 15) is 12.8 Å². The molecule has 6 nitrogen and oxygen atoms in total. The topological polar surface area (TPSA) is 67.9 Å². The van der Waals surface area contributed by atoms with Gasteiger partial charge in [-0.1, -0.05) is 12.1 Å². The van der Waals surface area contributed by atoms with Crippen LogP contribution in [0, 0.1) is 5.82 Å². The number of rotatable bonds is 6. The van der Waals surface area contributed by atoms with Crippen LogP contribution in [0.15, 0.2) is 47.4 Å². The number of likely N-dealkylation sites (N-methyl/N-ethyl adjacent to an activating group) is 1. The van der Waals surface area contributed by atoms with Crippen molar-refractivity contribution < 1.29 is 22.3 Å². The molecule has 0 aromatic heterocycles. The van der Waals surface area contributed by atoms with E-state index in [-0.39, 0.29) is 23.3 Å². The molecule has 1 aliphatic rings. The number of halogens is 1. The van der Waals surface area contributed by atoms with Crippen LogP contribution in [-0.4, -0.2) is 47.2 Å². The van der Waals surface area contributed by atoms with Gasteiger partial charge in [0.25, 0.3) is 0 Å². The first-order valence-electron chi connectivity index (χ1n) is 8.68. The lowest BCUT2D eigenvalue weighted by Crippen LogP contribution is -2.34. The van der Waals surface area contributed by atoms with E-state index >= 15 is 0 Å². The first-order chi connectivity index (χ1) is 12.9. The average Bonchev–Trinajstić information content (AvgIpc) is 2.86. The van der Waals surface area contributed by atoms with Gasteiger partial charge in [-0.2, -0.15) is 0 Å². The molecule has 0 bridgehead atoms. The number of nitrogens with zero attached hydrogens (tertiary/aromatic N) is 1. The van der Waals surface area contributed by atoms with E-state index in [4.69, 9.17) is 9.47 Å². The lowest BCUT2D eigenvalue weighted by molar-refractivity contribution is 0.296. The minimum atomic E-state index is -3.76. The molecule has 1 heterocycles. The van der Waals surface area contributed by atoms with Gasteiger partial charge in [0.05, 0.1) is 18.1 Å². The van der Waals surface area contributed by atoms with Crippen molar-refractivity contribution in [3.8, 4) is 11.5 Å². The Balaban J connectivity index is 1.78. The summed E-state index contributed by atoms with van der Waals surface area (Å²) >= 11 is 0. The fourth-order valence-electron chi connectivity index (χ4n) is 2.90. The van der Waals surface area contributed by atoms with E-state index in [0.717, 1.165) is 6.42 Å². The quantitative estimate of drug-likeness (QED) is 0.816. The van der Waals surface area contributed by atoms with Crippen molar-refractivity contribution in [2.75, 3.05) is 33.9 Å². The number of sulfonamides is 1. The largest absolute Gasteiger partial charge is 0.490 e. The third-order valence-corrected chi connectivity index (χ3v) is 5.77. The minimum absolute atomic E-state index is 0.100. The number of nitrogens with one attached hydrogen (secondary N) is 1. The monoisotopic (exact) mass is 394 g/mol. The molecule has 2 aromatic carbocycles. The van der Waals surface area contributed by atoms with Crippen LogP contribution in [0.2, 0.25) is 0 Å². The highest BCUT2D eigenvalue weighted by atomic mass is 32.2. The molecular weight excluding hydrogens is 371 g/mol. The highest BCUT2D eigenvalue weighted by molar-refractivity contribution is 7.89. The van der Waals surface area contributed by atoms with E-state index in [2.05, 4.69) is 4.72 Å². The van der Waals surface area contributed by atoms with Gasteiger partial charge in [-0.3, -0.25) is 0 Å². The van der Waals surface area contributed by atoms with Crippen molar-refractivity contribution in [2.45, 2.75) is 17.4 Å². The first-order valence-corrected chi connectivity index (χ1v) is 10.2. The maximum absolute atomic E-state index is 13.5. The minimum Gasteiger partial charge on any atom is -0.490 e. The highest BCUT2D eigenvalue weighted by Gasteiger charge is 2.22. The molecule has 0 radical (unpaired) electrons. The summed E-state index contributed by atoms with van der Waals surface area (Å²) < 4.78 is 52.7. The van der Waals surface area contributed by atoms with Crippen LogP contribution in [0.25, 0.3) is 0 Å². The molecule has 0 fully saturated rings. The molecule has 0 saturated carbocycles. The molecule has 146 valence electrons. The highest BCUT2D eigenvalue weighted by Crippen LogP contribution is 2.32. The molecule has 0 amide bonds. The van der Waals surface area contributed by atoms with Crippen molar-refractivity contribution in [1.29, 1.82) is 0 Å². The Kier molecular flexibility index (Phi) is 5.98. The molecule has 1 aliphatic heterocycles. The van der Waals surface area contributed by atoms with E-state index in [1.807, 2.05) is 19.0 Å². The smallest absolute Gasteiger partial charge is 0.240 e. The number of fused-ring (bicyclic) bond motifs is 1. The Morgan fingerprint density at radius 3 is 2.56 bits per heavy atom. The summed E-state index contributed by atoms with van der Waals surface area (Å²) in [6.45, 7) is 1.12. The van der Waals surface area contributed by atoms with Crippen molar-refractivity contribution >= 4 is 10.0 Å². The van der Waals surface area contributed by atoms with Gasteiger partial charge in [0.2, 0.25) is 10.0 Å². The van der Waals surface area contributed by atoms with Gasteiger partial charge in [0.15, 0.2) is 11.5 Å². The Hall–Kier alpha value is -2.16. The Morgan fingerprint density at radius 1 is 1.11 bits per heavy atom. The van der Waals surface area contributed by atoms with Gasteiger partial charge in [0, 0.05) is 25.1 Å². The molecular formula is C19H23FN2O4S. The lowest BCUT2D eigenvalue weighted by Gasteiger charge is -2.25. The molecule has 8 heteroatoms. The predicted octanol–water partition coefficient (Wildman–Crippen LogP) is 2.57. The number of hydrogen-bond donors (Lipinski definition) is 1. The predicted molar refractivity (Wildman–Crippen MR) is 100 cm³/mol. The zero-order chi connectivity index (χ0) is 19.4. The van der Waals surface area contributed by atoms with Crippen molar-refractivity contribution in [1.82, 2.24) is 9.62 Å². The SMILES string of the molecule is CN(C)C(CNS(=O)(=O)c1ccc2c(c1)OCCCO2)c1cccc(F)c1. The second kappa shape index (κ2) is 8.24. The van der Waals surface area contributed by atoms with Gasteiger partial charge in [-0.25, -0.2) is 17.5 Å². The summed E-state index contributed by atoms with van der Waals surface area (Å²) in [6, 6.07) is 10.4. The van der Waals surface area contributed by atoms with Crippen LogP contribution >= 0.6 is 0 Å². The molecule has 0 aliphatic carbocycles. The van der Waals surface area contributed by atoms with E-state index < -0.39 is 10.0 Å². The summed E-state index contributed by atoms with van der Waals surface area (Å²) in [5, 5.41) is 0. The summed E-state index contributed by atoms with van der Waals surface area (Å²) in [5.41, 5.74) is 0.696. The standard InChI is InChI=1S/C19H23FN2O4S/c1-22(2)17(14-5-3-6-15(20)11-14)13-21-27(23,24)16-7-8-18-19(12-16)26-10-4-9-25-18/h3,5-8,11-12,17,21H,4,9-10,13H2,1-2H3. The second-order valence-electron chi connectivity index (χ2n) is 6.55. The van der Waals surface area contributed by atoms with Crippen molar-refractivity contribution in [2.24, 2.45) is 0 Å². The van der Waals surface area contributed by atoms with E-state index in [0.29, 0.717) is 30.3 Å². The molecule has 2 aromatic rings. The zero-order valence-corrected chi connectivity index (χ0v) is 16.1. The van der Waals surface area contributed by atoms with Gasteiger partial charge in [-0.05, 0) is 43.9 Å². The summed E-state index contributed by atoms with van der Waals surface area (Å²) in [6.07, 6.45) is 0.743. The molecule has 3 rings (SSSR count). The lowest BCUT2D eigenvalue weighted by atomic mass is 10.1. The van der Waals surface area contributed by atoms with Gasteiger partial charge >= 0.3 is 0 Å². The van der Waals surface area contributed by atoms with Crippen LogP contribution in [0.4, 0.5) is 4.39 Å². The maximum Gasteiger partial charge on any atom is 0.240 e. The molecule has 1 atom stereocenters. The van der Waals surface area contributed by atoms with Gasteiger partial charge < -0.3 is 14.4 Å². The molecule has 1 N–H and O–H groups in total. The van der Waals surface area contributed by atoms with Crippen molar-refractivity contribution in [3.05, 3.63) is 53.8 Å². The Bertz CT molecular complexity index is 902. The molecule has 27 heavy (non-hydrogen) atoms. The normalized spacial score (nSPS) is 15.4. The average molecular weight is 394 g/mol. The van der Waals surface area contributed by atoms with E-state index in [1.165, 1.54) is 24.3 Å². The molecule has 0 saturated heterocycles. The summed E-state index contributed by atoms with van der Waals surface area (Å²) in [4.78, 5) is 1.94. The third-order valence-electron chi connectivity index (χ3n) is 4.35. The van der Waals surface area contributed by atoms with Crippen LogP contribution in [0.3, 0.4) is 0 Å². The number of hydrogen-bond acceptors (Lipinski definition) is 5. The van der Waals surface area contributed by atoms with Crippen LogP contribution in [0.5, 0.6) is 11.5 Å². The van der Waals surface area contributed by atoms with E-state index in [1.54, 1.807) is 18.2 Å². The third kappa shape index (κ3) is 4.77. The fourth-order valence-corrected chi connectivity index (χ4v) is 3.95. The second-order valence-corrected chi connectivity index (χ2v) is 8.31. The Labute approximate surface area is 159 Å². The first kappa shape index (κ1) is 19.6. The summed E-state index contributed by atoms with van der Waals surface area (Å²) in [7, 11) is -0.125. The zero-order valence-electron chi connectivity index (χ0n) is 15.3. The molecule has 1 unspecified atom stereocenters. The van der Waals surface area contributed by atoms with Gasteiger partial charge in [0.1, 0.15) is 5.82 Å². The fraction of sp³-hybridized carbons (Fsp3) is 0.368. The number of benzene rings is 2. The maximum atomic E-state index is 13.5. The Morgan fingerprint density at radius 2 is 1.85 bits per heavy atom. The molecule has 0 spiro atoms. The van der Waals surface area contributed by atoms with Crippen LogP contribution in [-0.2, 0) is 10.0 Å².